The lowest BCUT2D eigenvalue weighted by Crippen LogP contribution is -2.16. The van der Waals surface area contributed by atoms with Gasteiger partial charge in [-0.2, -0.15) is 0 Å². The van der Waals surface area contributed by atoms with Crippen molar-refractivity contribution in [1.29, 1.82) is 0 Å². The monoisotopic (exact) mass is 336 g/mol. The van der Waals surface area contributed by atoms with E-state index in [1.807, 2.05) is 0 Å². The standard InChI is InChI=1S/C12H11Cl3N2O3/c1-3-20-12(19)9(15)10(6(2)18)17-11-7(13)4-16-5-8(11)14/h4-5H,3H2,1-2H3,(H,16,17)/b10-9+. The van der Waals surface area contributed by atoms with E-state index in [1.165, 1.54) is 19.3 Å². The predicted molar refractivity (Wildman–Crippen MR) is 78.1 cm³/mol. The van der Waals surface area contributed by atoms with Crippen LogP contribution in [0.3, 0.4) is 0 Å². The SMILES string of the molecule is CCOC(=O)/C(Cl)=C(\Nc1c(Cl)cncc1Cl)C(C)=O. The lowest BCUT2D eigenvalue weighted by molar-refractivity contribution is -0.138. The first-order valence-corrected chi connectivity index (χ1v) is 6.65. The van der Waals surface area contributed by atoms with Crippen LogP contribution in [0.5, 0.6) is 0 Å². The molecule has 0 saturated carbocycles. The van der Waals surface area contributed by atoms with E-state index < -0.39 is 11.8 Å². The summed E-state index contributed by atoms with van der Waals surface area (Å²) in [6.07, 6.45) is 2.68. The van der Waals surface area contributed by atoms with Crippen molar-refractivity contribution in [2.24, 2.45) is 0 Å². The van der Waals surface area contributed by atoms with Crippen LogP contribution in [0.2, 0.25) is 10.0 Å². The number of nitrogens with one attached hydrogen (secondary N) is 1. The summed E-state index contributed by atoms with van der Waals surface area (Å²) >= 11 is 17.7. The van der Waals surface area contributed by atoms with E-state index in [4.69, 9.17) is 39.5 Å². The second kappa shape index (κ2) is 7.47. The van der Waals surface area contributed by atoms with E-state index in [2.05, 4.69) is 10.3 Å². The summed E-state index contributed by atoms with van der Waals surface area (Å²) in [5.74, 6) is -1.28. The third-order valence-corrected chi connectivity index (χ3v) is 3.05. The number of hydrogen-bond donors (Lipinski definition) is 1. The highest BCUT2D eigenvalue weighted by molar-refractivity contribution is 6.44. The molecule has 0 aromatic carbocycles. The zero-order chi connectivity index (χ0) is 15.3. The largest absolute Gasteiger partial charge is 0.462 e. The van der Waals surface area contributed by atoms with Gasteiger partial charge in [0.05, 0.1) is 22.3 Å². The third kappa shape index (κ3) is 4.10. The normalized spacial score (nSPS) is 11.7. The molecule has 0 radical (unpaired) electrons. The number of Topliss-reactive ketones (excluding diaryl/α,β-unsaturated/α-hetero) is 1. The molecule has 0 aliphatic heterocycles. The number of hydrogen-bond acceptors (Lipinski definition) is 5. The van der Waals surface area contributed by atoms with Crippen LogP contribution in [0.1, 0.15) is 13.8 Å². The number of esters is 1. The Hall–Kier alpha value is -1.30. The van der Waals surface area contributed by atoms with Crippen LogP contribution < -0.4 is 5.32 Å². The Bertz CT molecular complexity index is 553. The van der Waals surface area contributed by atoms with Gasteiger partial charge in [0.1, 0.15) is 5.70 Å². The Kier molecular flexibility index (Phi) is 6.26. The summed E-state index contributed by atoms with van der Waals surface area (Å²) in [5, 5.41) is 2.65. The number of rotatable bonds is 5. The van der Waals surface area contributed by atoms with Gasteiger partial charge in [0.15, 0.2) is 10.8 Å². The van der Waals surface area contributed by atoms with Crippen LogP contribution in [0.4, 0.5) is 5.69 Å². The van der Waals surface area contributed by atoms with Gasteiger partial charge in [-0.3, -0.25) is 9.78 Å². The second-order valence-electron chi connectivity index (χ2n) is 3.57. The second-order valence-corrected chi connectivity index (χ2v) is 4.76. The summed E-state index contributed by atoms with van der Waals surface area (Å²) in [7, 11) is 0. The molecule has 8 heteroatoms. The van der Waals surface area contributed by atoms with Crippen molar-refractivity contribution in [1.82, 2.24) is 4.98 Å². The van der Waals surface area contributed by atoms with Crippen molar-refractivity contribution in [3.63, 3.8) is 0 Å². The molecule has 5 nitrogen and oxygen atoms in total. The summed E-state index contributed by atoms with van der Waals surface area (Å²) in [4.78, 5) is 26.9. The van der Waals surface area contributed by atoms with Crippen LogP contribution in [-0.4, -0.2) is 23.3 Å². The molecule has 0 amide bonds. The molecule has 0 bridgehead atoms. The van der Waals surface area contributed by atoms with Crippen molar-refractivity contribution in [3.05, 3.63) is 33.2 Å². The van der Waals surface area contributed by atoms with Gasteiger partial charge in [0, 0.05) is 19.3 Å². The average molecular weight is 338 g/mol. The molecule has 108 valence electrons. The molecule has 1 N–H and O–H groups in total. The topological polar surface area (TPSA) is 68.3 Å². The van der Waals surface area contributed by atoms with Crippen LogP contribution in [0.25, 0.3) is 0 Å². The highest BCUT2D eigenvalue weighted by atomic mass is 35.5. The molecule has 0 aliphatic carbocycles. The number of ether oxygens (including phenoxy) is 1. The van der Waals surface area contributed by atoms with Crippen molar-refractivity contribution in [2.45, 2.75) is 13.8 Å². The van der Waals surface area contributed by atoms with Crippen LogP contribution in [0.15, 0.2) is 23.1 Å². The van der Waals surface area contributed by atoms with E-state index in [0.717, 1.165) is 0 Å². The highest BCUT2D eigenvalue weighted by Crippen LogP contribution is 2.31. The maximum absolute atomic E-state index is 11.6. The fourth-order valence-corrected chi connectivity index (χ4v) is 1.94. The lowest BCUT2D eigenvalue weighted by atomic mass is 10.2. The number of aromatic nitrogens is 1. The number of carbonyl (C=O) groups excluding carboxylic acids is 2. The average Bonchev–Trinajstić information content (AvgIpc) is 2.37. The zero-order valence-electron chi connectivity index (χ0n) is 10.7. The summed E-state index contributed by atoms with van der Waals surface area (Å²) in [5.41, 5.74) is 0.0797. The molecule has 1 aromatic heterocycles. The van der Waals surface area contributed by atoms with Gasteiger partial charge in [0.25, 0.3) is 0 Å². The fourth-order valence-electron chi connectivity index (χ4n) is 1.25. The molecule has 0 saturated heterocycles. The molecule has 1 heterocycles. The van der Waals surface area contributed by atoms with Crippen molar-refractivity contribution >= 4 is 52.2 Å². The number of carbonyl (C=O) groups is 2. The lowest BCUT2D eigenvalue weighted by Gasteiger charge is -2.12. The summed E-state index contributed by atoms with van der Waals surface area (Å²) < 4.78 is 4.73. The Labute approximate surface area is 130 Å². The molecule has 1 aromatic rings. The molecule has 20 heavy (non-hydrogen) atoms. The number of halogens is 3. The first-order chi connectivity index (χ1) is 9.38. The molecule has 0 unspecified atom stereocenters. The van der Waals surface area contributed by atoms with Crippen LogP contribution in [0, 0.1) is 0 Å². The molecule has 0 spiro atoms. The smallest absolute Gasteiger partial charge is 0.352 e. The van der Waals surface area contributed by atoms with E-state index in [-0.39, 0.29) is 33.1 Å². The Morgan fingerprint density at radius 3 is 2.30 bits per heavy atom. The van der Waals surface area contributed by atoms with Gasteiger partial charge in [-0.1, -0.05) is 34.8 Å². The Balaban J connectivity index is 3.20. The number of anilines is 1. The van der Waals surface area contributed by atoms with Gasteiger partial charge < -0.3 is 10.1 Å². The first kappa shape index (κ1) is 16.8. The molecule has 0 aliphatic rings. The highest BCUT2D eigenvalue weighted by Gasteiger charge is 2.20. The molecule has 1 rings (SSSR count). The van der Waals surface area contributed by atoms with E-state index in [0.29, 0.717) is 0 Å². The quantitative estimate of drug-likeness (QED) is 0.659. The number of ketones is 1. The number of pyridine rings is 1. The summed E-state index contributed by atoms with van der Waals surface area (Å²) in [6.45, 7) is 3.00. The number of nitrogens with zero attached hydrogens (tertiary/aromatic N) is 1. The zero-order valence-corrected chi connectivity index (χ0v) is 12.9. The molecule has 0 fully saturated rings. The Morgan fingerprint density at radius 2 is 1.85 bits per heavy atom. The predicted octanol–water partition coefficient (Wildman–Crippen LogP) is 3.40. The van der Waals surface area contributed by atoms with E-state index in [9.17, 15) is 9.59 Å². The maximum atomic E-state index is 11.6. The molecular formula is C12H11Cl3N2O3. The van der Waals surface area contributed by atoms with E-state index >= 15 is 0 Å². The fraction of sp³-hybridized carbons (Fsp3) is 0.250. The van der Waals surface area contributed by atoms with Gasteiger partial charge in [-0.05, 0) is 6.92 Å². The van der Waals surface area contributed by atoms with Gasteiger partial charge in [-0.15, -0.1) is 0 Å². The maximum Gasteiger partial charge on any atom is 0.352 e. The summed E-state index contributed by atoms with van der Waals surface area (Å²) in [6, 6.07) is 0. The number of allylic oxidation sites excluding steroid dienone is 1. The van der Waals surface area contributed by atoms with Crippen LogP contribution in [-0.2, 0) is 14.3 Å². The van der Waals surface area contributed by atoms with Crippen LogP contribution >= 0.6 is 34.8 Å². The van der Waals surface area contributed by atoms with Crippen molar-refractivity contribution in [3.8, 4) is 0 Å². The van der Waals surface area contributed by atoms with Crippen molar-refractivity contribution in [2.75, 3.05) is 11.9 Å². The van der Waals surface area contributed by atoms with Gasteiger partial charge in [0.2, 0.25) is 0 Å². The van der Waals surface area contributed by atoms with E-state index in [1.54, 1.807) is 6.92 Å². The van der Waals surface area contributed by atoms with Gasteiger partial charge >= 0.3 is 5.97 Å². The first-order valence-electron chi connectivity index (χ1n) is 5.52. The minimum atomic E-state index is -0.812. The minimum Gasteiger partial charge on any atom is -0.462 e. The minimum absolute atomic E-state index is 0.136. The third-order valence-electron chi connectivity index (χ3n) is 2.13. The molecule has 0 atom stereocenters. The van der Waals surface area contributed by atoms with Gasteiger partial charge in [-0.25, -0.2) is 4.79 Å². The molecular weight excluding hydrogens is 327 g/mol. The van der Waals surface area contributed by atoms with Crippen molar-refractivity contribution < 1.29 is 14.3 Å². The Morgan fingerprint density at radius 1 is 1.30 bits per heavy atom.